The second-order valence-electron chi connectivity index (χ2n) is 5.29. The average molecular weight is 312 g/mol. The van der Waals surface area contributed by atoms with Crippen LogP contribution in [0.25, 0.3) is 0 Å². The highest BCUT2D eigenvalue weighted by Crippen LogP contribution is 2.21. The largest absolute Gasteiger partial charge is 0.465 e. The molecule has 0 spiro atoms. The van der Waals surface area contributed by atoms with Gasteiger partial charge in [0.15, 0.2) is 15.6 Å². The van der Waals surface area contributed by atoms with Gasteiger partial charge in [-0.05, 0) is 26.3 Å². The third-order valence-electron chi connectivity index (χ3n) is 3.06. The molecule has 0 saturated heterocycles. The van der Waals surface area contributed by atoms with Crippen LogP contribution < -0.4 is 0 Å². The van der Waals surface area contributed by atoms with E-state index in [0.717, 1.165) is 0 Å². The Morgan fingerprint density at radius 3 is 2.24 bits per heavy atom. The molecule has 0 aromatic heterocycles. The Morgan fingerprint density at radius 1 is 1.14 bits per heavy atom. The summed E-state index contributed by atoms with van der Waals surface area (Å²) >= 11 is 0. The van der Waals surface area contributed by atoms with E-state index in [-0.39, 0.29) is 12.4 Å². The van der Waals surface area contributed by atoms with E-state index in [9.17, 15) is 18.0 Å². The van der Waals surface area contributed by atoms with Gasteiger partial charge >= 0.3 is 5.97 Å². The monoisotopic (exact) mass is 312 g/mol. The number of carbonyl (C=O) groups excluding carboxylic acids is 2. The van der Waals surface area contributed by atoms with Gasteiger partial charge in [-0.2, -0.15) is 0 Å². The van der Waals surface area contributed by atoms with Gasteiger partial charge < -0.3 is 4.74 Å². The minimum Gasteiger partial charge on any atom is -0.465 e. The van der Waals surface area contributed by atoms with Crippen LogP contribution in [0.3, 0.4) is 0 Å². The Balaban J connectivity index is 2.79. The van der Waals surface area contributed by atoms with Gasteiger partial charge in [0.25, 0.3) is 0 Å². The van der Waals surface area contributed by atoms with E-state index < -0.39 is 32.8 Å². The minimum atomic E-state index is -3.62. The summed E-state index contributed by atoms with van der Waals surface area (Å²) < 4.78 is 28.9. The van der Waals surface area contributed by atoms with Gasteiger partial charge in [0.1, 0.15) is 11.2 Å². The fourth-order valence-electron chi connectivity index (χ4n) is 1.68. The van der Waals surface area contributed by atoms with Gasteiger partial charge in [0, 0.05) is 0 Å². The Kier molecular flexibility index (Phi) is 5.66. The molecular weight excluding hydrogens is 292 g/mol. The molecular formula is C15H20O5S. The third kappa shape index (κ3) is 4.97. The standard InChI is InChI=1S/C15H20O5S/c1-4-20-14(17)15(2,3)13(16)11-21(18,19)10-12-8-6-5-7-9-12/h5-9H,4,10-11H2,1-3H3. The zero-order valence-electron chi connectivity index (χ0n) is 12.5. The van der Waals surface area contributed by atoms with Crippen molar-refractivity contribution in [1.29, 1.82) is 0 Å². The van der Waals surface area contributed by atoms with E-state index >= 15 is 0 Å². The molecule has 0 aliphatic carbocycles. The molecule has 0 unspecified atom stereocenters. The molecule has 116 valence electrons. The van der Waals surface area contributed by atoms with Crippen molar-refractivity contribution < 1.29 is 22.7 Å². The van der Waals surface area contributed by atoms with Crippen LogP contribution >= 0.6 is 0 Å². The molecule has 0 N–H and O–H groups in total. The van der Waals surface area contributed by atoms with Gasteiger partial charge in [0.05, 0.1) is 12.4 Å². The van der Waals surface area contributed by atoms with Gasteiger partial charge in [-0.1, -0.05) is 30.3 Å². The predicted octanol–water partition coefficient (Wildman–Crippen LogP) is 1.76. The van der Waals surface area contributed by atoms with Crippen LogP contribution in [0.5, 0.6) is 0 Å². The topological polar surface area (TPSA) is 77.5 Å². The second-order valence-corrected chi connectivity index (χ2v) is 7.35. The molecule has 0 aliphatic rings. The summed E-state index contributed by atoms with van der Waals surface area (Å²) in [4.78, 5) is 23.8. The first kappa shape index (κ1) is 17.4. The number of rotatable bonds is 7. The van der Waals surface area contributed by atoms with Crippen molar-refractivity contribution in [1.82, 2.24) is 0 Å². The van der Waals surface area contributed by atoms with E-state index in [1.807, 2.05) is 0 Å². The number of hydrogen-bond donors (Lipinski definition) is 0. The van der Waals surface area contributed by atoms with E-state index in [1.165, 1.54) is 13.8 Å². The molecule has 6 heteroatoms. The highest BCUT2D eigenvalue weighted by atomic mass is 32.2. The van der Waals surface area contributed by atoms with Crippen molar-refractivity contribution in [3.8, 4) is 0 Å². The quantitative estimate of drug-likeness (QED) is 0.566. The number of carbonyl (C=O) groups is 2. The predicted molar refractivity (Wildman–Crippen MR) is 79.4 cm³/mol. The van der Waals surface area contributed by atoms with Crippen molar-refractivity contribution in [3.05, 3.63) is 35.9 Å². The van der Waals surface area contributed by atoms with Crippen LogP contribution in [0.2, 0.25) is 0 Å². The molecule has 5 nitrogen and oxygen atoms in total. The summed E-state index contributed by atoms with van der Waals surface area (Å²) in [5.41, 5.74) is -0.848. The summed E-state index contributed by atoms with van der Waals surface area (Å²) in [6.07, 6.45) is 0. The van der Waals surface area contributed by atoms with E-state index in [2.05, 4.69) is 0 Å². The molecule has 0 fully saturated rings. The lowest BCUT2D eigenvalue weighted by molar-refractivity contribution is -0.157. The zero-order chi connectivity index (χ0) is 16.1. The first-order valence-electron chi connectivity index (χ1n) is 6.64. The molecule has 21 heavy (non-hydrogen) atoms. The number of Topliss-reactive ketones (excluding diaryl/α,β-unsaturated/α-hetero) is 1. The fourth-order valence-corrected chi connectivity index (χ4v) is 3.25. The molecule has 0 atom stereocenters. The lowest BCUT2D eigenvalue weighted by Gasteiger charge is -2.20. The lowest BCUT2D eigenvalue weighted by Crippen LogP contribution is -2.39. The molecule has 0 heterocycles. The van der Waals surface area contributed by atoms with Gasteiger partial charge in [-0.3, -0.25) is 9.59 Å². The first-order chi connectivity index (χ1) is 9.69. The fraction of sp³-hybridized carbons (Fsp3) is 0.467. The smallest absolute Gasteiger partial charge is 0.319 e. The molecule has 0 saturated carbocycles. The van der Waals surface area contributed by atoms with E-state index in [4.69, 9.17) is 4.74 Å². The maximum atomic E-state index is 12.1. The molecule has 0 amide bonds. The van der Waals surface area contributed by atoms with Gasteiger partial charge in [0.2, 0.25) is 0 Å². The zero-order valence-corrected chi connectivity index (χ0v) is 13.3. The Labute approximate surface area is 125 Å². The summed E-state index contributed by atoms with van der Waals surface area (Å²) in [5.74, 6) is -2.26. The van der Waals surface area contributed by atoms with Crippen molar-refractivity contribution in [2.24, 2.45) is 5.41 Å². The van der Waals surface area contributed by atoms with Crippen molar-refractivity contribution in [2.45, 2.75) is 26.5 Å². The number of sulfone groups is 1. The Morgan fingerprint density at radius 2 is 1.71 bits per heavy atom. The van der Waals surface area contributed by atoms with E-state index in [0.29, 0.717) is 5.56 Å². The maximum Gasteiger partial charge on any atom is 0.319 e. The highest BCUT2D eigenvalue weighted by Gasteiger charge is 2.39. The van der Waals surface area contributed by atoms with Crippen LogP contribution in [0.15, 0.2) is 30.3 Å². The molecule has 1 aromatic carbocycles. The average Bonchev–Trinajstić information content (AvgIpc) is 2.38. The van der Waals surface area contributed by atoms with Crippen LogP contribution in [0, 0.1) is 5.41 Å². The van der Waals surface area contributed by atoms with Crippen LogP contribution in [-0.2, 0) is 29.9 Å². The summed E-state index contributed by atoms with van der Waals surface area (Å²) in [6.45, 7) is 4.54. The van der Waals surface area contributed by atoms with Crippen molar-refractivity contribution in [2.75, 3.05) is 12.4 Å². The number of ketones is 1. The second kappa shape index (κ2) is 6.85. The van der Waals surface area contributed by atoms with Gasteiger partial charge in [-0.25, -0.2) is 8.42 Å². The summed E-state index contributed by atoms with van der Waals surface area (Å²) in [7, 11) is -3.62. The highest BCUT2D eigenvalue weighted by molar-refractivity contribution is 7.91. The molecule has 0 aliphatic heterocycles. The van der Waals surface area contributed by atoms with Crippen LogP contribution in [0.1, 0.15) is 26.3 Å². The third-order valence-corrected chi connectivity index (χ3v) is 4.54. The van der Waals surface area contributed by atoms with Crippen molar-refractivity contribution in [3.63, 3.8) is 0 Å². The van der Waals surface area contributed by atoms with Crippen LogP contribution in [-0.4, -0.2) is 32.5 Å². The van der Waals surface area contributed by atoms with Gasteiger partial charge in [-0.15, -0.1) is 0 Å². The maximum absolute atomic E-state index is 12.1. The number of ether oxygens (including phenoxy) is 1. The van der Waals surface area contributed by atoms with E-state index in [1.54, 1.807) is 37.3 Å². The molecule has 0 bridgehead atoms. The number of hydrogen-bond acceptors (Lipinski definition) is 5. The number of benzene rings is 1. The minimum absolute atomic E-state index is 0.145. The first-order valence-corrected chi connectivity index (χ1v) is 8.46. The molecule has 0 radical (unpaired) electrons. The molecule has 1 rings (SSSR count). The Bertz CT molecular complexity index is 602. The molecule has 1 aromatic rings. The lowest BCUT2D eigenvalue weighted by atomic mass is 9.89. The SMILES string of the molecule is CCOC(=O)C(C)(C)C(=O)CS(=O)(=O)Cc1ccccc1. The summed E-state index contributed by atoms with van der Waals surface area (Å²) in [6, 6.07) is 8.60. The number of esters is 1. The van der Waals surface area contributed by atoms with Crippen LogP contribution in [0.4, 0.5) is 0 Å². The summed E-state index contributed by atoms with van der Waals surface area (Å²) in [5, 5.41) is 0. The Hall–Kier alpha value is -1.69. The normalized spacial score (nSPS) is 12.0. The van der Waals surface area contributed by atoms with Crippen molar-refractivity contribution >= 4 is 21.6 Å².